The molecule has 0 amide bonds. The smallest absolute Gasteiger partial charge is 0.303 e. The number of hydrogen-bond donors (Lipinski definition) is 2. The van der Waals surface area contributed by atoms with Gasteiger partial charge < -0.3 is 9.84 Å². The van der Waals surface area contributed by atoms with Crippen molar-refractivity contribution in [2.24, 2.45) is 16.0 Å². The normalized spacial score (nSPS) is 18.3. The van der Waals surface area contributed by atoms with Crippen LogP contribution in [-0.2, 0) is 19.6 Å². The van der Waals surface area contributed by atoms with Crippen LogP contribution in [0.3, 0.4) is 0 Å². The van der Waals surface area contributed by atoms with Gasteiger partial charge in [0.05, 0.1) is 23.9 Å². The van der Waals surface area contributed by atoms with E-state index in [1.54, 1.807) is 0 Å². The third-order valence-electron chi connectivity index (χ3n) is 6.18. The van der Waals surface area contributed by atoms with E-state index in [4.69, 9.17) is 9.88 Å². The molecule has 168 valence electrons. The average molecular weight is 422 g/mol. The van der Waals surface area contributed by atoms with Crippen LogP contribution in [0.4, 0.5) is 0 Å². The number of ether oxygens (including phenoxy) is 1. The number of primary sulfonamides is 1. The van der Waals surface area contributed by atoms with Crippen LogP contribution in [0, 0.1) is 10.8 Å². The lowest BCUT2D eigenvalue weighted by Gasteiger charge is -2.45. The molecule has 0 saturated carbocycles. The first-order chi connectivity index (χ1) is 12.8. The highest BCUT2D eigenvalue weighted by atomic mass is 32.2. The minimum absolute atomic E-state index is 0.0288. The molecule has 0 aromatic heterocycles. The maximum absolute atomic E-state index is 12.3. The van der Waals surface area contributed by atoms with E-state index >= 15 is 0 Å². The molecule has 0 heterocycles. The molecule has 0 saturated heterocycles. The zero-order valence-corrected chi connectivity index (χ0v) is 19.8. The molecule has 4 atom stereocenters. The summed E-state index contributed by atoms with van der Waals surface area (Å²) in [6.45, 7) is 13.8. The molecule has 7 heteroatoms. The second kappa shape index (κ2) is 11.5. The first-order valence-electron chi connectivity index (χ1n) is 10.7. The SMILES string of the molecule is CCCC(OC(CCC)C(C)(C)C(CCC)S(N)(=O)=O)C(C)(CC)CC(=O)O. The molecule has 0 aromatic rings. The van der Waals surface area contributed by atoms with Gasteiger partial charge in [-0.1, -0.05) is 67.7 Å². The standard InChI is InChI=1S/C21H43NO5S/c1-8-12-16(20(5,6)18(14-10-3)28(22,25)26)27-17(13-9-2)21(7,11-4)15-19(23)24/h16-18H,8-15H2,1-7H3,(H,23,24)(H2,22,25,26). The van der Waals surface area contributed by atoms with Crippen molar-refractivity contribution in [2.75, 3.05) is 0 Å². The van der Waals surface area contributed by atoms with Crippen LogP contribution in [0.15, 0.2) is 0 Å². The first-order valence-corrected chi connectivity index (χ1v) is 12.3. The van der Waals surface area contributed by atoms with Crippen molar-refractivity contribution in [3.05, 3.63) is 0 Å². The molecule has 0 aromatic carbocycles. The van der Waals surface area contributed by atoms with Crippen LogP contribution in [0.5, 0.6) is 0 Å². The third kappa shape index (κ3) is 7.64. The van der Waals surface area contributed by atoms with E-state index in [0.29, 0.717) is 25.7 Å². The Morgan fingerprint density at radius 1 is 0.964 bits per heavy atom. The van der Waals surface area contributed by atoms with Gasteiger partial charge in [-0.05, 0) is 25.7 Å². The highest BCUT2D eigenvalue weighted by Crippen LogP contribution is 2.41. The highest BCUT2D eigenvalue weighted by Gasteiger charge is 2.46. The summed E-state index contributed by atoms with van der Waals surface area (Å²) in [5.74, 6) is -0.839. The molecule has 0 aliphatic rings. The van der Waals surface area contributed by atoms with E-state index in [1.807, 2.05) is 41.5 Å². The van der Waals surface area contributed by atoms with E-state index in [-0.39, 0.29) is 18.6 Å². The molecule has 3 N–H and O–H groups in total. The van der Waals surface area contributed by atoms with Gasteiger partial charge in [-0.15, -0.1) is 0 Å². The number of carboxylic acids is 1. The van der Waals surface area contributed by atoms with Crippen LogP contribution in [0.2, 0.25) is 0 Å². The van der Waals surface area contributed by atoms with Gasteiger partial charge in [-0.3, -0.25) is 4.79 Å². The molecule has 0 radical (unpaired) electrons. The molecule has 0 aliphatic carbocycles. The molecule has 28 heavy (non-hydrogen) atoms. The lowest BCUT2D eigenvalue weighted by molar-refractivity contribution is -0.152. The number of carbonyl (C=O) groups is 1. The topological polar surface area (TPSA) is 107 Å². The Kier molecular flexibility index (Phi) is 11.2. The first kappa shape index (κ1) is 27.3. The van der Waals surface area contributed by atoms with Gasteiger partial charge in [0, 0.05) is 10.8 Å². The third-order valence-corrected chi connectivity index (χ3v) is 7.81. The zero-order chi connectivity index (χ0) is 22.2. The minimum atomic E-state index is -3.73. The van der Waals surface area contributed by atoms with Gasteiger partial charge >= 0.3 is 5.97 Å². The van der Waals surface area contributed by atoms with E-state index in [2.05, 4.69) is 6.92 Å². The maximum atomic E-state index is 12.3. The van der Waals surface area contributed by atoms with Gasteiger partial charge in [-0.2, -0.15) is 0 Å². The summed E-state index contributed by atoms with van der Waals surface area (Å²) in [7, 11) is -3.73. The molecule has 0 rings (SSSR count). The largest absolute Gasteiger partial charge is 0.481 e. The lowest BCUT2D eigenvalue weighted by atomic mass is 9.75. The van der Waals surface area contributed by atoms with Gasteiger partial charge in [0.15, 0.2) is 0 Å². The van der Waals surface area contributed by atoms with Crippen molar-refractivity contribution in [2.45, 2.75) is 117 Å². The van der Waals surface area contributed by atoms with E-state index in [1.165, 1.54) is 0 Å². The van der Waals surface area contributed by atoms with E-state index < -0.39 is 32.1 Å². The Balaban J connectivity index is 5.99. The number of aliphatic carboxylic acids is 1. The predicted molar refractivity (Wildman–Crippen MR) is 115 cm³/mol. The van der Waals surface area contributed by atoms with Gasteiger partial charge in [0.1, 0.15) is 0 Å². The number of nitrogens with two attached hydrogens (primary N) is 1. The average Bonchev–Trinajstić information content (AvgIpc) is 2.56. The summed E-state index contributed by atoms with van der Waals surface area (Å²) in [4.78, 5) is 11.5. The van der Waals surface area contributed by atoms with Gasteiger partial charge in [0.25, 0.3) is 0 Å². The minimum Gasteiger partial charge on any atom is -0.481 e. The van der Waals surface area contributed by atoms with Crippen molar-refractivity contribution in [3.8, 4) is 0 Å². The van der Waals surface area contributed by atoms with Crippen molar-refractivity contribution < 1.29 is 23.1 Å². The highest BCUT2D eigenvalue weighted by molar-refractivity contribution is 7.89. The van der Waals surface area contributed by atoms with Crippen LogP contribution < -0.4 is 5.14 Å². The number of carboxylic acid groups (broad SMARTS) is 1. The fraction of sp³-hybridized carbons (Fsp3) is 0.952. The zero-order valence-electron chi connectivity index (χ0n) is 19.0. The molecule has 6 nitrogen and oxygen atoms in total. The Hall–Kier alpha value is -0.660. The maximum Gasteiger partial charge on any atom is 0.303 e. The molecular weight excluding hydrogens is 378 g/mol. The molecule has 0 spiro atoms. The summed E-state index contributed by atoms with van der Waals surface area (Å²) in [5, 5.41) is 14.3. The van der Waals surface area contributed by atoms with Crippen molar-refractivity contribution in [3.63, 3.8) is 0 Å². The lowest BCUT2D eigenvalue weighted by Crippen LogP contribution is -2.51. The Bertz CT molecular complexity index is 575. The van der Waals surface area contributed by atoms with Crippen LogP contribution in [-0.4, -0.2) is 37.0 Å². The monoisotopic (exact) mass is 421 g/mol. The predicted octanol–water partition coefficient (Wildman–Crippen LogP) is 4.71. The fourth-order valence-corrected chi connectivity index (χ4v) is 5.72. The van der Waals surface area contributed by atoms with E-state index in [0.717, 1.165) is 19.3 Å². The Labute approximate surface area is 172 Å². The number of hydrogen-bond acceptors (Lipinski definition) is 4. The van der Waals surface area contributed by atoms with Gasteiger partial charge in [-0.25, -0.2) is 13.6 Å². The summed E-state index contributed by atoms with van der Waals surface area (Å²) in [5.41, 5.74) is -1.19. The van der Waals surface area contributed by atoms with Gasteiger partial charge in [0.2, 0.25) is 10.0 Å². The molecule has 0 fully saturated rings. The summed E-state index contributed by atoms with van der Waals surface area (Å²) < 4.78 is 31.3. The van der Waals surface area contributed by atoms with E-state index in [9.17, 15) is 18.3 Å². The Morgan fingerprint density at radius 2 is 1.43 bits per heavy atom. The van der Waals surface area contributed by atoms with Crippen molar-refractivity contribution in [1.82, 2.24) is 0 Å². The van der Waals surface area contributed by atoms with Crippen LogP contribution in [0.25, 0.3) is 0 Å². The second-order valence-corrected chi connectivity index (χ2v) is 10.7. The summed E-state index contributed by atoms with van der Waals surface area (Å²) in [6, 6.07) is 0. The molecule has 0 aliphatic heterocycles. The summed E-state index contributed by atoms with van der Waals surface area (Å²) in [6.07, 6.45) is 4.49. The second-order valence-electron chi connectivity index (χ2n) is 8.96. The fourth-order valence-electron chi connectivity index (χ4n) is 4.16. The molecule has 0 bridgehead atoms. The molecular formula is C21H43NO5S. The van der Waals surface area contributed by atoms with Crippen molar-refractivity contribution >= 4 is 16.0 Å². The quantitative estimate of drug-likeness (QED) is 0.398. The summed E-state index contributed by atoms with van der Waals surface area (Å²) >= 11 is 0. The number of rotatable bonds is 15. The van der Waals surface area contributed by atoms with Crippen LogP contribution >= 0.6 is 0 Å². The number of sulfonamides is 1. The van der Waals surface area contributed by atoms with Crippen molar-refractivity contribution in [1.29, 1.82) is 0 Å². The Morgan fingerprint density at radius 3 is 1.79 bits per heavy atom. The molecule has 4 unspecified atom stereocenters. The van der Waals surface area contributed by atoms with Crippen LogP contribution in [0.1, 0.15) is 99.8 Å².